The fourth-order valence-electron chi connectivity index (χ4n) is 4.70. The molecule has 3 aliphatic rings. The summed E-state index contributed by atoms with van der Waals surface area (Å²) in [5, 5.41) is 0. The van der Waals surface area contributed by atoms with Crippen molar-refractivity contribution in [3.05, 3.63) is 29.8 Å². The topological polar surface area (TPSA) is 38.8 Å². The van der Waals surface area contributed by atoms with Gasteiger partial charge in [-0.2, -0.15) is 0 Å². The molecule has 0 aromatic heterocycles. The van der Waals surface area contributed by atoms with E-state index >= 15 is 0 Å². The van der Waals surface area contributed by atoms with Gasteiger partial charge in [-0.3, -0.25) is 0 Å². The van der Waals surface area contributed by atoms with E-state index < -0.39 is 5.54 Å². The Morgan fingerprint density at radius 3 is 2.08 bits per heavy atom. The van der Waals surface area contributed by atoms with Crippen LogP contribution in [-0.4, -0.2) is 37.9 Å². The molecule has 4 nitrogen and oxygen atoms in total. The average Bonchev–Trinajstić information content (AvgIpc) is 2.69. The Balaban J connectivity index is 1.76. The molecule has 3 saturated carbocycles. The van der Waals surface area contributed by atoms with Crippen LogP contribution in [0.2, 0.25) is 0 Å². The van der Waals surface area contributed by atoms with Gasteiger partial charge in [0.05, 0.1) is 12.2 Å². The number of methoxy groups -OCH3 is 1. The number of rotatable bonds is 6. The number of carbonyl (C=O) groups is 1. The lowest BCUT2D eigenvalue weighted by Gasteiger charge is -2.53. The third-order valence-corrected chi connectivity index (χ3v) is 7.09. The quantitative estimate of drug-likeness (QED) is 0.703. The maximum absolute atomic E-state index is 12.3. The fraction of sp³-hybridized carbons (Fsp3) is 0.682. The van der Waals surface area contributed by atoms with Gasteiger partial charge in [-0.15, -0.1) is 0 Å². The van der Waals surface area contributed by atoms with Crippen molar-refractivity contribution in [1.29, 1.82) is 0 Å². The molecule has 0 aliphatic heterocycles. The van der Waals surface area contributed by atoms with E-state index in [0.717, 1.165) is 5.69 Å². The molecule has 0 N–H and O–H groups in total. The van der Waals surface area contributed by atoms with Crippen LogP contribution in [0.5, 0.6) is 0 Å². The monoisotopic (exact) mass is 359 g/mol. The van der Waals surface area contributed by atoms with Crippen molar-refractivity contribution in [2.24, 2.45) is 0 Å². The summed E-state index contributed by atoms with van der Waals surface area (Å²) in [5.74, 6) is -0.194. The van der Waals surface area contributed by atoms with Crippen LogP contribution >= 0.6 is 0 Å². The summed E-state index contributed by atoms with van der Waals surface area (Å²) in [4.78, 5) is 14.3. The first-order chi connectivity index (χ1) is 12.3. The highest BCUT2D eigenvalue weighted by Gasteiger charge is 2.49. The van der Waals surface area contributed by atoms with E-state index in [1.54, 1.807) is 0 Å². The minimum absolute atomic E-state index is 0.144. The molecule has 1 aromatic rings. The second-order valence-corrected chi connectivity index (χ2v) is 8.55. The van der Waals surface area contributed by atoms with Gasteiger partial charge in [-0.25, -0.2) is 4.79 Å². The van der Waals surface area contributed by atoms with Gasteiger partial charge in [0.15, 0.2) is 0 Å². The van der Waals surface area contributed by atoms with Crippen LogP contribution in [0.25, 0.3) is 0 Å². The number of hydrogen-bond acceptors (Lipinski definition) is 4. The van der Waals surface area contributed by atoms with Crippen molar-refractivity contribution in [3.8, 4) is 0 Å². The molecular weight excluding hydrogens is 326 g/mol. The van der Waals surface area contributed by atoms with Crippen molar-refractivity contribution in [3.63, 3.8) is 0 Å². The first kappa shape index (κ1) is 19.2. The van der Waals surface area contributed by atoms with Gasteiger partial charge in [0.2, 0.25) is 0 Å². The highest BCUT2D eigenvalue weighted by atomic mass is 16.5. The zero-order valence-corrected chi connectivity index (χ0v) is 16.9. The van der Waals surface area contributed by atoms with Crippen LogP contribution in [0.1, 0.15) is 64.9 Å². The number of likely N-dealkylation sites (N-methyl/N-ethyl adjacent to an activating group) is 1. The van der Waals surface area contributed by atoms with Crippen LogP contribution < -0.4 is 4.90 Å². The molecule has 4 rings (SSSR count). The van der Waals surface area contributed by atoms with E-state index in [9.17, 15) is 4.79 Å². The first-order valence-corrected chi connectivity index (χ1v) is 9.85. The van der Waals surface area contributed by atoms with E-state index in [-0.39, 0.29) is 11.6 Å². The van der Waals surface area contributed by atoms with E-state index in [1.165, 1.54) is 44.1 Å². The number of anilines is 1. The minimum atomic E-state index is -0.691. The standard InChI is InChI=1S/C22H33NO3/c1-6-26-19(24)20(2,3)23(4)18-9-7-17(8-10-18)21-11-14-22(25-5,15-12-21)16-13-21/h7-10H,6,11-16H2,1-5H3. The van der Waals surface area contributed by atoms with Crippen LogP contribution in [-0.2, 0) is 19.7 Å². The predicted octanol–water partition coefficient (Wildman–Crippen LogP) is 4.46. The lowest BCUT2D eigenvalue weighted by Crippen LogP contribution is -2.49. The molecule has 26 heavy (non-hydrogen) atoms. The Morgan fingerprint density at radius 1 is 1.08 bits per heavy atom. The number of hydrogen-bond donors (Lipinski definition) is 0. The molecule has 0 amide bonds. The predicted molar refractivity (Wildman–Crippen MR) is 105 cm³/mol. The Hall–Kier alpha value is -1.55. The molecule has 1 aromatic carbocycles. The van der Waals surface area contributed by atoms with E-state index in [0.29, 0.717) is 12.0 Å². The molecule has 0 heterocycles. The third kappa shape index (κ3) is 3.13. The van der Waals surface area contributed by atoms with Crippen LogP contribution in [0, 0.1) is 0 Å². The minimum Gasteiger partial charge on any atom is -0.464 e. The van der Waals surface area contributed by atoms with Crippen LogP contribution in [0.3, 0.4) is 0 Å². The zero-order valence-electron chi connectivity index (χ0n) is 16.9. The maximum Gasteiger partial charge on any atom is 0.331 e. The number of fused-ring (bicyclic) bond motifs is 3. The molecule has 3 fully saturated rings. The molecule has 2 bridgehead atoms. The molecule has 0 radical (unpaired) electrons. The van der Waals surface area contributed by atoms with Crippen molar-refractivity contribution in [2.75, 3.05) is 25.7 Å². The Kier molecular flexibility index (Phi) is 5.08. The summed E-state index contributed by atoms with van der Waals surface area (Å²) in [7, 11) is 3.83. The number of benzene rings is 1. The number of ether oxygens (including phenoxy) is 2. The summed E-state index contributed by atoms with van der Waals surface area (Å²) >= 11 is 0. The molecule has 4 heteroatoms. The molecule has 0 atom stereocenters. The summed E-state index contributed by atoms with van der Waals surface area (Å²) in [6.07, 6.45) is 7.14. The van der Waals surface area contributed by atoms with E-state index in [4.69, 9.17) is 9.47 Å². The zero-order chi connectivity index (χ0) is 19.0. The van der Waals surface area contributed by atoms with Gasteiger partial charge in [0.25, 0.3) is 0 Å². The highest BCUT2D eigenvalue weighted by Crippen LogP contribution is 2.54. The van der Waals surface area contributed by atoms with E-state index in [1.807, 2.05) is 39.8 Å². The lowest BCUT2D eigenvalue weighted by molar-refractivity contribution is -0.148. The molecule has 0 spiro atoms. The van der Waals surface area contributed by atoms with E-state index in [2.05, 4.69) is 24.3 Å². The second-order valence-electron chi connectivity index (χ2n) is 8.55. The van der Waals surface area contributed by atoms with Crippen molar-refractivity contribution < 1.29 is 14.3 Å². The van der Waals surface area contributed by atoms with Crippen molar-refractivity contribution in [1.82, 2.24) is 0 Å². The number of esters is 1. The average molecular weight is 360 g/mol. The fourth-order valence-corrected chi connectivity index (χ4v) is 4.70. The summed E-state index contributed by atoms with van der Waals surface area (Å²) in [5.41, 5.74) is 2.25. The summed E-state index contributed by atoms with van der Waals surface area (Å²) < 4.78 is 11.1. The van der Waals surface area contributed by atoms with Gasteiger partial charge in [-0.1, -0.05) is 12.1 Å². The molecule has 144 valence electrons. The Bertz CT molecular complexity index is 625. The summed E-state index contributed by atoms with van der Waals surface area (Å²) in [6.45, 7) is 6.06. The largest absolute Gasteiger partial charge is 0.464 e. The molecule has 0 unspecified atom stereocenters. The van der Waals surface area contributed by atoms with Gasteiger partial charge in [0, 0.05) is 19.8 Å². The van der Waals surface area contributed by atoms with Gasteiger partial charge in [-0.05, 0) is 82.4 Å². The van der Waals surface area contributed by atoms with Gasteiger partial charge >= 0.3 is 5.97 Å². The van der Waals surface area contributed by atoms with Gasteiger partial charge in [0.1, 0.15) is 5.54 Å². The second kappa shape index (κ2) is 6.88. The third-order valence-electron chi connectivity index (χ3n) is 7.09. The van der Waals surface area contributed by atoms with Crippen LogP contribution in [0.4, 0.5) is 5.69 Å². The summed E-state index contributed by atoms with van der Waals surface area (Å²) in [6, 6.07) is 8.83. The molecule has 3 aliphatic carbocycles. The SMILES string of the molecule is CCOC(=O)C(C)(C)N(C)c1ccc(C23CCC(OC)(CC2)CC3)cc1. The Morgan fingerprint density at radius 2 is 1.62 bits per heavy atom. The molecular formula is C22H33NO3. The lowest BCUT2D eigenvalue weighted by atomic mass is 9.56. The number of nitrogens with zero attached hydrogens (tertiary/aromatic N) is 1. The number of carbonyl (C=O) groups excluding carboxylic acids is 1. The Labute approximate surface area is 157 Å². The normalized spacial score (nSPS) is 28.0. The smallest absolute Gasteiger partial charge is 0.331 e. The maximum atomic E-state index is 12.3. The van der Waals surface area contributed by atoms with Crippen molar-refractivity contribution in [2.45, 2.75) is 75.9 Å². The van der Waals surface area contributed by atoms with Crippen LogP contribution in [0.15, 0.2) is 24.3 Å². The first-order valence-electron chi connectivity index (χ1n) is 9.85. The van der Waals surface area contributed by atoms with Gasteiger partial charge < -0.3 is 14.4 Å². The molecule has 0 saturated heterocycles. The van der Waals surface area contributed by atoms with Crippen molar-refractivity contribution >= 4 is 11.7 Å². The highest BCUT2D eigenvalue weighted by molar-refractivity contribution is 5.84.